The number of hydrogen-bond donors (Lipinski definition) is 1. The first kappa shape index (κ1) is 11.6. The van der Waals surface area contributed by atoms with Crippen LogP contribution in [0.15, 0.2) is 29.3 Å². The Morgan fingerprint density at radius 1 is 1.53 bits per heavy atom. The van der Waals surface area contributed by atoms with Crippen molar-refractivity contribution in [2.75, 3.05) is 7.11 Å². The minimum Gasteiger partial charge on any atom is -0.497 e. The zero-order valence-electron chi connectivity index (χ0n) is 9.88. The Morgan fingerprint density at radius 2 is 2.29 bits per heavy atom. The molecule has 90 valence electrons. The number of rotatable bonds is 3. The van der Waals surface area contributed by atoms with Crippen molar-refractivity contribution in [1.29, 1.82) is 0 Å². The van der Waals surface area contributed by atoms with E-state index in [9.17, 15) is 4.79 Å². The molecule has 0 saturated heterocycles. The maximum atomic E-state index is 12.1. The molecule has 2 aromatic rings. The lowest BCUT2D eigenvalue weighted by molar-refractivity contribution is 0.415. The first-order valence-electron chi connectivity index (χ1n) is 5.40. The van der Waals surface area contributed by atoms with E-state index in [1.807, 2.05) is 6.92 Å². The summed E-state index contributed by atoms with van der Waals surface area (Å²) in [5.41, 5.74) is 6.24. The highest BCUT2D eigenvalue weighted by molar-refractivity contribution is 5.78. The van der Waals surface area contributed by atoms with Gasteiger partial charge in [0.25, 0.3) is 5.56 Å². The Morgan fingerprint density at radius 3 is 2.94 bits per heavy atom. The van der Waals surface area contributed by atoms with Gasteiger partial charge in [-0.1, -0.05) is 0 Å². The summed E-state index contributed by atoms with van der Waals surface area (Å²) in [5, 5.41) is 0.578. The summed E-state index contributed by atoms with van der Waals surface area (Å²) in [6, 6.07) is 5.14. The smallest absolute Gasteiger partial charge is 0.261 e. The first-order chi connectivity index (χ1) is 8.11. The van der Waals surface area contributed by atoms with E-state index in [0.717, 1.165) is 0 Å². The van der Waals surface area contributed by atoms with Crippen molar-refractivity contribution < 1.29 is 4.74 Å². The number of ether oxygens (including phenoxy) is 1. The van der Waals surface area contributed by atoms with Gasteiger partial charge in [-0.3, -0.25) is 9.36 Å². The summed E-state index contributed by atoms with van der Waals surface area (Å²) < 4.78 is 6.62. The lowest BCUT2D eigenvalue weighted by atomic mass is 10.2. The largest absolute Gasteiger partial charge is 0.497 e. The van der Waals surface area contributed by atoms with Crippen LogP contribution in [0.4, 0.5) is 0 Å². The molecule has 1 aromatic carbocycles. The minimum atomic E-state index is -0.0785. The van der Waals surface area contributed by atoms with E-state index in [2.05, 4.69) is 4.98 Å². The van der Waals surface area contributed by atoms with Crippen molar-refractivity contribution in [3.63, 3.8) is 0 Å². The van der Waals surface area contributed by atoms with Crippen LogP contribution in [-0.4, -0.2) is 22.7 Å². The van der Waals surface area contributed by atoms with Crippen LogP contribution < -0.4 is 16.0 Å². The molecule has 17 heavy (non-hydrogen) atoms. The van der Waals surface area contributed by atoms with Crippen LogP contribution in [-0.2, 0) is 6.54 Å². The van der Waals surface area contributed by atoms with E-state index < -0.39 is 0 Å². The van der Waals surface area contributed by atoms with Crippen LogP contribution in [0.3, 0.4) is 0 Å². The second kappa shape index (κ2) is 4.55. The second-order valence-electron chi connectivity index (χ2n) is 4.06. The van der Waals surface area contributed by atoms with Gasteiger partial charge in [0.15, 0.2) is 0 Å². The number of hydrogen-bond acceptors (Lipinski definition) is 4. The molecule has 1 heterocycles. The van der Waals surface area contributed by atoms with E-state index in [0.29, 0.717) is 23.2 Å². The number of benzene rings is 1. The highest BCUT2D eigenvalue weighted by Gasteiger charge is 2.06. The quantitative estimate of drug-likeness (QED) is 0.849. The number of fused-ring (bicyclic) bond motifs is 1. The zero-order chi connectivity index (χ0) is 12.4. The van der Waals surface area contributed by atoms with Crippen LogP contribution >= 0.6 is 0 Å². The normalized spacial score (nSPS) is 12.6. The summed E-state index contributed by atoms with van der Waals surface area (Å²) in [5.74, 6) is 0.689. The van der Waals surface area contributed by atoms with E-state index in [4.69, 9.17) is 10.5 Å². The number of nitrogens with zero attached hydrogens (tertiary/aromatic N) is 2. The van der Waals surface area contributed by atoms with Gasteiger partial charge in [0.2, 0.25) is 0 Å². The second-order valence-corrected chi connectivity index (χ2v) is 4.06. The molecule has 0 aliphatic rings. The van der Waals surface area contributed by atoms with Gasteiger partial charge in [0.1, 0.15) is 5.75 Å². The summed E-state index contributed by atoms with van der Waals surface area (Å²) >= 11 is 0. The van der Waals surface area contributed by atoms with Gasteiger partial charge in [-0.05, 0) is 19.1 Å². The maximum Gasteiger partial charge on any atom is 0.261 e. The molecule has 5 heteroatoms. The molecular weight excluding hydrogens is 218 g/mol. The van der Waals surface area contributed by atoms with Crippen LogP contribution in [0.5, 0.6) is 5.75 Å². The van der Waals surface area contributed by atoms with Crippen molar-refractivity contribution >= 4 is 10.9 Å². The van der Waals surface area contributed by atoms with Gasteiger partial charge >= 0.3 is 0 Å². The molecule has 0 aliphatic heterocycles. The molecule has 0 bridgehead atoms. The average Bonchev–Trinajstić information content (AvgIpc) is 2.32. The van der Waals surface area contributed by atoms with Gasteiger partial charge in [-0.2, -0.15) is 0 Å². The third kappa shape index (κ3) is 2.29. The lowest BCUT2D eigenvalue weighted by Crippen LogP contribution is -2.30. The van der Waals surface area contributed by atoms with E-state index >= 15 is 0 Å². The Labute approximate surface area is 98.8 Å². The van der Waals surface area contributed by atoms with Gasteiger partial charge in [0.05, 0.1) is 24.3 Å². The lowest BCUT2D eigenvalue weighted by Gasteiger charge is -2.09. The fraction of sp³-hybridized carbons (Fsp3) is 0.333. The Balaban J connectivity index is 2.57. The molecule has 0 fully saturated rings. The van der Waals surface area contributed by atoms with Crippen LogP contribution in [0.1, 0.15) is 6.92 Å². The van der Waals surface area contributed by atoms with Crippen molar-refractivity contribution in [3.8, 4) is 5.75 Å². The van der Waals surface area contributed by atoms with E-state index in [-0.39, 0.29) is 11.6 Å². The van der Waals surface area contributed by atoms with Gasteiger partial charge in [-0.15, -0.1) is 0 Å². The molecule has 2 rings (SSSR count). The van der Waals surface area contributed by atoms with Crippen molar-refractivity contribution in [3.05, 3.63) is 34.9 Å². The Bertz CT molecular complexity index is 590. The standard InChI is InChI=1S/C12H15N3O2/c1-8(13)6-15-7-14-11-5-9(17-2)3-4-10(11)12(15)16/h3-5,7-8H,6,13H2,1-2H3. The number of nitrogens with two attached hydrogens (primary N) is 1. The monoisotopic (exact) mass is 233 g/mol. The maximum absolute atomic E-state index is 12.1. The fourth-order valence-corrected chi connectivity index (χ4v) is 1.71. The third-order valence-electron chi connectivity index (χ3n) is 2.52. The Hall–Kier alpha value is -1.88. The van der Waals surface area contributed by atoms with Crippen LogP contribution in [0, 0.1) is 0 Å². The van der Waals surface area contributed by atoms with E-state index in [1.54, 1.807) is 25.3 Å². The molecule has 5 nitrogen and oxygen atoms in total. The Kier molecular flexibility index (Phi) is 3.10. The highest BCUT2D eigenvalue weighted by atomic mass is 16.5. The average molecular weight is 233 g/mol. The summed E-state index contributed by atoms with van der Waals surface area (Å²) in [4.78, 5) is 16.3. The first-order valence-corrected chi connectivity index (χ1v) is 5.40. The molecule has 0 aliphatic carbocycles. The zero-order valence-corrected chi connectivity index (χ0v) is 9.88. The van der Waals surface area contributed by atoms with Crippen LogP contribution in [0.25, 0.3) is 10.9 Å². The van der Waals surface area contributed by atoms with Crippen molar-refractivity contribution in [2.45, 2.75) is 19.5 Å². The molecular formula is C12H15N3O2. The minimum absolute atomic E-state index is 0.0741. The number of methoxy groups -OCH3 is 1. The van der Waals surface area contributed by atoms with Gasteiger partial charge < -0.3 is 10.5 Å². The predicted molar refractivity (Wildman–Crippen MR) is 66.2 cm³/mol. The molecule has 1 unspecified atom stereocenters. The van der Waals surface area contributed by atoms with Gasteiger partial charge in [-0.25, -0.2) is 4.98 Å². The van der Waals surface area contributed by atoms with E-state index in [1.165, 1.54) is 10.9 Å². The topological polar surface area (TPSA) is 70.1 Å². The molecule has 0 amide bonds. The summed E-state index contributed by atoms with van der Waals surface area (Å²) in [7, 11) is 1.58. The molecule has 1 aromatic heterocycles. The fourth-order valence-electron chi connectivity index (χ4n) is 1.71. The predicted octanol–water partition coefficient (Wildman–Crippen LogP) is 0.752. The molecule has 2 N–H and O–H groups in total. The molecule has 0 saturated carbocycles. The van der Waals surface area contributed by atoms with Crippen molar-refractivity contribution in [2.24, 2.45) is 5.73 Å². The highest BCUT2D eigenvalue weighted by Crippen LogP contribution is 2.15. The molecule has 0 radical (unpaired) electrons. The van der Waals surface area contributed by atoms with Gasteiger partial charge in [0, 0.05) is 18.7 Å². The summed E-state index contributed by atoms with van der Waals surface area (Å²) in [6.07, 6.45) is 1.52. The molecule has 0 spiro atoms. The number of aromatic nitrogens is 2. The SMILES string of the molecule is COc1ccc2c(=O)n(CC(C)N)cnc2c1. The molecule has 1 atom stereocenters. The third-order valence-corrected chi connectivity index (χ3v) is 2.52. The van der Waals surface area contributed by atoms with Crippen LogP contribution in [0.2, 0.25) is 0 Å². The summed E-state index contributed by atoms with van der Waals surface area (Å²) in [6.45, 7) is 2.32. The van der Waals surface area contributed by atoms with Crippen molar-refractivity contribution in [1.82, 2.24) is 9.55 Å².